The fraction of sp³-hybridized carbons (Fsp3) is 0.161. The predicted molar refractivity (Wildman–Crippen MR) is 149 cm³/mol. The number of ether oxygens (including phenoxy) is 1. The molecule has 0 bridgehead atoms. The van der Waals surface area contributed by atoms with Crippen LogP contribution in [0.3, 0.4) is 0 Å². The molecule has 0 saturated carbocycles. The molecule has 0 aromatic heterocycles. The Hall–Kier alpha value is -4.27. The van der Waals surface area contributed by atoms with Crippen molar-refractivity contribution >= 4 is 21.9 Å². The number of esters is 1. The van der Waals surface area contributed by atoms with E-state index in [9.17, 15) is 18.0 Å². The first-order valence-corrected chi connectivity index (χ1v) is 14.0. The lowest BCUT2D eigenvalue weighted by Crippen LogP contribution is -2.48. The molecule has 0 aliphatic heterocycles. The van der Waals surface area contributed by atoms with E-state index < -0.39 is 34.0 Å². The number of benzene rings is 4. The quantitative estimate of drug-likeness (QED) is 0.272. The maximum Gasteiger partial charge on any atom is 0.329 e. The molecule has 0 heterocycles. The molecule has 4 rings (SSSR count). The highest BCUT2D eigenvalue weighted by Gasteiger charge is 2.31. The van der Waals surface area contributed by atoms with Crippen molar-refractivity contribution < 1.29 is 22.7 Å². The van der Waals surface area contributed by atoms with Crippen LogP contribution in [0.4, 0.5) is 0 Å². The van der Waals surface area contributed by atoms with Gasteiger partial charge < -0.3 is 10.1 Å². The third kappa shape index (κ3) is 7.86. The summed E-state index contributed by atoms with van der Waals surface area (Å²) in [5, 5.41) is 2.74. The van der Waals surface area contributed by atoms with Crippen LogP contribution in [0.15, 0.2) is 120 Å². The van der Waals surface area contributed by atoms with Gasteiger partial charge in [0.25, 0.3) is 0 Å². The van der Waals surface area contributed by atoms with Gasteiger partial charge in [0.2, 0.25) is 15.9 Å². The second kappa shape index (κ2) is 13.0. The summed E-state index contributed by atoms with van der Waals surface area (Å²) in [5.41, 5.74) is 2.96. The predicted octanol–water partition coefficient (Wildman–Crippen LogP) is 4.49. The minimum absolute atomic E-state index is 0.0323. The first-order chi connectivity index (χ1) is 18.8. The number of sulfonamides is 1. The zero-order valence-corrected chi connectivity index (χ0v) is 22.3. The van der Waals surface area contributed by atoms with E-state index in [-0.39, 0.29) is 17.9 Å². The lowest BCUT2D eigenvalue weighted by Gasteiger charge is -2.23. The zero-order valence-electron chi connectivity index (χ0n) is 21.5. The maximum absolute atomic E-state index is 13.6. The van der Waals surface area contributed by atoms with Crippen molar-refractivity contribution in [2.45, 2.75) is 36.9 Å². The van der Waals surface area contributed by atoms with E-state index in [1.165, 1.54) is 12.1 Å². The highest BCUT2D eigenvalue weighted by Crippen LogP contribution is 2.19. The molecule has 0 aliphatic rings. The van der Waals surface area contributed by atoms with Gasteiger partial charge in [-0.15, -0.1) is 0 Å². The van der Waals surface area contributed by atoms with E-state index in [2.05, 4.69) is 10.0 Å². The highest BCUT2D eigenvalue weighted by molar-refractivity contribution is 7.89. The SMILES string of the molecule is Cc1ccc(S(=O)(=O)NC(C(=O)N[C@@H](Cc2ccccc2)C(=O)OCc2ccccc2)c2ccccc2)cc1. The maximum atomic E-state index is 13.6. The van der Waals surface area contributed by atoms with Gasteiger partial charge in [-0.25, -0.2) is 13.2 Å². The van der Waals surface area contributed by atoms with Crippen LogP contribution < -0.4 is 10.0 Å². The number of amides is 1. The summed E-state index contributed by atoms with van der Waals surface area (Å²) in [4.78, 5) is 26.9. The van der Waals surface area contributed by atoms with Crippen molar-refractivity contribution in [3.05, 3.63) is 138 Å². The van der Waals surface area contributed by atoms with Crippen LogP contribution in [0.2, 0.25) is 0 Å². The number of carbonyl (C=O) groups excluding carboxylic acids is 2. The summed E-state index contributed by atoms with van der Waals surface area (Å²) in [6, 6.07) is 31.0. The molecule has 39 heavy (non-hydrogen) atoms. The molecule has 4 aromatic rings. The summed E-state index contributed by atoms with van der Waals surface area (Å²) < 4.78 is 34.5. The minimum Gasteiger partial charge on any atom is -0.459 e. The third-order valence-electron chi connectivity index (χ3n) is 6.11. The highest BCUT2D eigenvalue weighted by atomic mass is 32.2. The van der Waals surface area contributed by atoms with E-state index in [0.717, 1.165) is 16.7 Å². The largest absolute Gasteiger partial charge is 0.459 e. The van der Waals surface area contributed by atoms with Crippen LogP contribution in [0.25, 0.3) is 0 Å². The number of hydrogen-bond donors (Lipinski definition) is 2. The Kier molecular flexibility index (Phi) is 9.25. The Morgan fingerprint density at radius 3 is 1.87 bits per heavy atom. The normalized spacial score (nSPS) is 12.7. The number of aryl methyl sites for hydroxylation is 1. The third-order valence-corrected chi connectivity index (χ3v) is 7.55. The smallest absolute Gasteiger partial charge is 0.329 e. The molecule has 8 heteroatoms. The summed E-state index contributed by atoms with van der Waals surface area (Å²) >= 11 is 0. The van der Waals surface area contributed by atoms with E-state index in [1.54, 1.807) is 42.5 Å². The molecule has 2 N–H and O–H groups in total. The van der Waals surface area contributed by atoms with Gasteiger partial charge in [0.05, 0.1) is 4.90 Å². The van der Waals surface area contributed by atoms with Gasteiger partial charge in [-0.1, -0.05) is 109 Å². The molecule has 1 amide bonds. The Morgan fingerprint density at radius 2 is 1.28 bits per heavy atom. The molecule has 4 aromatic carbocycles. The van der Waals surface area contributed by atoms with Crippen molar-refractivity contribution in [3.8, 4) is 0 Å². The first kappa shape index (κ1) is 27.8. The van der Waals surface area contributed by atoms with E-state index in [1.807, 2.05) is 67.6 Å². The molecule has 0 fully saturated rings. The molecular formula is C31H30N2O5S. The Labute approximate surface area is 228 Å². The van der Waals surface area contributed by atoms with Crippen molar-refractivity contribution in [1.29, 1.82) is 0 Å². The molecule has 1 unspecified atom stereocenters. The number of nitrogens with one attached hydrogen (secondary N) is 2. The Bertz CT molecular complexity index is 1480. The lowest BCUT2D eigenvalue weighted by atomic mass is 10.0. The van der Waals surface area contributed by atoms with Gasteiger partial charge in [0, 0.05) is 6.42 Å². The Balaban J connectivity index is 1.58. The first-order valence-electron chi connectivity index (χ1n) is 12.5. The summed E-state index contributed by atoms with van der Waals surface area (Å²) in [7, 11) is -4.06. The molecular weight excluding hydrogens is 512 g/mol. The monoisotopic (exact) mass is 542 g/mol. The van der Waals surface area contributed by atoms with Gasteiger partial charge >= 0.3 is 5.97 Å². The van der Waals surface area contributed by atoms with E-state index >= 15 is 0 Å². The lowest BCUT2D eigenvalue weighted by molar-refractivity contribution is -0.149. The molecule has 2 atom stereocenters. The molecule has 0 saturated heterocycles. The fourth-order valence-corrected chi connectivity index (χ4v) is 5.17. The van der Waals surface area contributed by atoms with Crippen molar-refractivity contribution in [2.24, 2.45) is 0 Å². The topological polar surface area (TPSA) is 102 Å². The summed E-state index contributed by atoms with van der Waals surface area (Å²) in [6.07, 6.45) is 0.173. The molecule has 200 valence electrons. The summed E-state index contributed by atoms with van der Waals surface area (Å²) in [6.45, 7) is 1.90. The standard InChI is InChI=1S/C31H30N2O5S/c1-23-17-19-27(20-18-23)39(36,37)33-29(26-15-9-4-10-16-26)30(34)32-28(21-24-11-5-2-6-12-24)31(35)38-22-25-13-7-3-8-14-25/h2-20,28-29,33H,21-22H2,1H3,(H,32,34)/t28-,29?/m0/s1. The van der Waals surface area contributed by atoms with Gasteiger partial charge in [0.1, 0.15) is 18.7 Å². The van der Waals surface area contributed by atoms with Crippen LogP contribution in [0.5, 0.6) is 0 Å². The van der Waals surface area contributed by atoms with Crippen molar-refractivity contribution in [2.75, 3.05) is 0 Å². The van der Waals surface area contributed by atoms with E-state index in [4.69, 9.17) is 4.74 Å². The second-order valence-corrected chi connectivity index (χ2v) is 10.8. The van der Waals surface area contributed by atoms with Crippen LogP contribution in [-0.4, -0.2) is 26.3 Å². The number of carbonyl (C=O) groups is 2. The minimum atomic E-state index is -4.06. The average Bonchev–Trinajstić information content (AvgIpc) is 2.96. The van der Waals surface area contributed by atoms with Gasteiger partial charge in [-0.05, 0) is 35.7 Å². The van der Waals surface area contributed by atoms with Crippen LogP contribution in [0, 0.1) is 6.92 Å². The van der Waals surface area contributed by atoms with Gasteiger partial charge in [0.15, 0.2) is 0 Å². The van der Waals surface area contributed by atoms with Gasteiger partial charge in [-0.3, -0.25) is 4.79 Å². The molecule has 7 nitrogen and oxygen atoms in total. The second-order valence-electron chi connectivity index (χ2n) is 9.12. The number of rotatable bonds is 11. The zero-order chi connectivity index (χ0) is 27.7. The number of hydrogen-bond acceptors (Lipinski definition) is 5. The van der Waals surface area contributed by atoms with Crippen LogP contribution >= 0.6 is 0 Å². The molecule has 0 aliphatic carbocycles. The average molecular weight is 543 g/mol. The summed E-state index contributed by atoms with van der Waals surface area (Å²) in [5.74, 6) is -1.29. The Morgan fingerprint density at radius 1 is 0.744 bits per heavy atom. The van der Waals surface area contributed by atoms with E-state index in [0.29, 0.717) is 5.56 Å². The van der Waals surface area contributed by atoms with Crippen molar-refractivity contribution in [1.82, 2.24) is 10.0 Å². The fourth-order valence-electron chi connectivity index (χ4n) is 3.99. The van der Waals surface area contributed by atoms with Crippen molar-refractivity contribution in [3.63, 3.8) is 0 Å². The molecule has 0 radical (unpaired) electrons. The molecule has 0 spiro atoms. The van der Waals surface area contributed by atoms with Crippen LogP contribution in [0.1, 0.15) is 28.3 Å². The van der Waals surface area contributed by atoms with Gasteiger partial charge in [-0.2, -0.15) is 4.72 Å². The van der Waals surface area contributed by atoms with Crippen LogP contribution in [-0.2, 0) is 37.4 Å².